The smallest absolute Gasteiger partial charge is 0.139 e. The minimum atomic E-state index is 0.257. The van der Waals surface area contributed by atoms with Crippen molar-refractivity contribution >= 4 is 11.5 Å². The van der Waals surface area contributed by atoms with Gasteiger partial charge >= 0.3 is 0 Å². The molecule has 0 aliphatic carbocycles. The predicted octanol–water partition coefficient (Wildman–Crippen LogP) is 3.61. The maximum atomic E-state index is 9.55. The second-order valence-electron chi connectivity index (χ2n) is 6.23. The molecular formula is C19H21N3O2. The topological polar surface area (TPSA) is 58.8 Å². The fourth-order valence-corrected chi connectivity index (χ4v) is 3.25. The number of anilines is 1. The normalized spacial score (nSPS) is 17.5. The Morgan fingerprint density at radius 2 is 2.08 bits per heavy atom. The van der Waals surface area contributed by atoms with Crippen molar-refractivity contribution < 1.29 is 9.84 Å². The number of pyridine rings is 1. The van der Waals surface area contributed by atoms with Crippen molar-refractivity contribution in [3.05, 3.63) is 48.2 Å². The third-order valence-corrected chi connectivity index (χ3v) is 4.50. The number of fused-ring (bicyclic) bond motifs is 1. The van der Waals surface area contributed by atoms with Gasteiger partial charge in [-0.05, 0) is 56.2 Å². The van der Waals surface area contributed by atoms with Gasteiger partial charge in [0.05, 0.1) is 6.10 Å². The molecule has 0 bridgehead atoms. The van der Waals surface area contributed by atoms with E-state index in [2.05, 4.69) is 22.7 Å². The van der Waals surface area contributed by atoms with Gasteiger partial charge in [0, 0.05) is 24.4 Å². The van der Waals surface area contributed by atoms with Crippen LogP contribution >= 0.6 is 0 Å². The summed E-state index contributed by atoms with van der Waals surface area (Å²) < 4.78 is 7.87. The van der Waals surface area contributed by atoms with Gasteiger partial charge in [0.25, 0.3) is 0 Å². The van der Waals surface area contributed by atoms with E-state index in [1.54, 1.807) is 12.1 Å². The van der Waals surface area contributed by atoms with Crippen LogP contribution in [0.5, 0.6) is 5.75 Å². The van der Waals surface area contributed by atoms with Gasteiger partial charge in [-0.15, -0.1) is 0 Å². The van der Waals surface area contributed by atoms with Crippen LogP contribution in [0.1, 0.15) is 18.5 Å². The van der Waals surface area contributed by atoms with E-state index >= 15 is 0 Å². The molecule has 1 aromatic carbocycles. The lowest BCUT2D eigenvalue weighted by Gasteiger charge is -2.14. The van der Waals surface area contributed by atoms with Gasteiger partial charge in [-0.1, -0.05) is 6.07 Å². The summed E-state index contributed by atoms with van der Waals surface area (Å²) in [5.41, 5.74) is 3.90. The van der Waals surface area contributed by atoms with Crippen molar-refractivity contribution in [3.63, 3.8) is 0 Å². The molecule has 2 aromatic heterocycles. The van der Waals surface area contributed by atoms with Gasteiger partial charge in [-0.2, -0.15) is 0 Å². The van der Waals surface area contributed by atoms with E-state index in [1.807, 2.05) is 24.3 Å². The number of nitrogens with zero attached hydrogens (tertiary/aromatic N) is 2. The first-order chi connectivity index (χ1) is 11.7. The van der Waals surface area contributed by atoms with Gasteiger partial charge in [-0.3, -0.25) is 4.40 Å². The van der Waals surface area contributed by atoms with Gasteiger partial charge in [0.1, 0.15) is 22.9 Å². The van der Waals surface area contributed by atoms with Crippen LogP contribution in [-0.2, 0) is 4.74 Å². The molecule has 5 nitrogen and oxygen atoms in total. The molecule has 0 radical (unpaired) electrons. The number of ether oxygens (including phenoxy) is 1. The zero-order chi connectivity index (χ0) is 16.5. The van der Waals surface area contributed by atoms with Crippen LogP contribution in [0.25, 0.3) is 16.9 Å². The van der Waals surface area contributed by atoms with Crippen molar-refractivity contribution in [2.45, 2.75) is 25.9 Å². The van der Waals surface area contributed by atoms with Crippen molar-refractivity contribution in [2.24, 2.45) is 0 Å². The Labute approximate surface area is 140 Å². The fraction of sp³-hybridized carbons (Fsp3) is 0.316. The van der Waals surface area contributed by atoms with E-state index in [-0.39, 0.29) is 11.9 Å². The Hall–Kier alpha value is -2.53. The molecule has 5 heteroatoms. The minimum absolute atomic E-state index is 0.257. The number of hydrogen-bond acceptors (Lipinski definition) is 4. The van der Waals surface area contributed by atoms with Crippen LogP contribution in [0.15, 0.2) is 42.5 Å². The SMILES string of the molecule is Cc1cccc2nc(-c3ccc(O)cc3)c(NC[C@H]3CCCO3)n12. The predicted molar refractivity (Wildman–Crippen MR) is 94.5 cm³/mol. The Balaban J connectivity index is 1.77. The van der Waals surface area contributed by atoms with Crippen molar-refractivity contribution in [1.29, 1.82) is 0 Å². The van der Waals surface area contributed by atoms with E-state index in [4.69, 9.17) is 9.72 Å². The van der Waals surface area contributed by atoms with E-state index < -0.39 is 0 Å². The summed E-state index contributed by atoms with van der Waals surface area (Å²) >= 11 is 0. The van der Waals surface area contributed by atoms with Crippen molar-refractivity contribution in [3.8, 4) is 17.0 Å². The number of phenolic OH excluding ortho intramolecular Hbond substituents is 1. The highest BCUT2D eigenvalue weighted by molar-refractivity contribution is 5.77. The zero-order valence-corrected chi connectivity index (χ0v) is 13.7. The second kappa shape index (κ2) is 6.17. The zero-order valence-electron chi connectivity index (χ0n) is 13.7. The molecule has 0 saturated carbocycles. The lowest BCUT2D eigenvalue weighted by atomic mass is 10.1. The molecule has 24 heavy (non-hydrogen) atoms. The van der Waals surface area contributed by atoms with Gasteiger partial charge in [0.15, 0.2) is 0 Å². The number of benzene rings is 1. The maximum Gasteiger partial charge on any atom is 0.139 e. The molecule has 1 saturated heterocycles. The molecule has 3 heterocycles. The van der Waals surface area contributed by atoms with Crippen LogP contribution in [-0.4, -0.2) is 33.7 Å². The Morgan fingerprint density at radius 3 is 2.83 bits per heavy atom. The molecule has 1 aliphatic heterocycles. The highest BCUT2D eigenvalue weighted by Gasteiger charge is 2.19. The summed E-state index contributed by atoms with van der Waals surface area (Å²) in [5, 5.41) is 13.1. The first-order valence-corrected chi connectivity index (χ1v) is 8.35. The van der Waals surface area contributed by atoms with Crippen molar-refractivity contribution in [2.75, 3.05) is 18.5 Å². The van der Waals surface area contributed by atoms with E-state index in [9.17, 15) is 5.11 Å². The summed E-state index contributed by atoms with van der Waals surface area (Å²) in [5.74, 6) is 1.23. The lowest BCUT2D eigenvalue weighted by Crippen LogP contribution is -2.19. The highest BCUT2D eigenvalue weighted by atomic mass is 16.5. The molecule has 1 atom stereocenters. The fourth-order valence-electron chi connectivity index (χ4n) is 3.25. The third-order valence-electron chi connectivity index (χ3n) is 4.50. The third kappa shape index (κ3) is 2.71. The summed E-state index contributed by atoms with van der Waals surface area (Å²) in [4.78, 5) is 4.80. The van der Waals surface area contributed by atoms with Crippen LogP contribution in [0.4, 0.5) is 5.82 Å². The number of rotatable bonds is 4. The summed E-state index contributed by atoms with van der Waals surface area (Å²) in [6, 6.07) is 13.3. The number of imidazole rings is 1. The molecule has 0 spiro atoms. The molecular weight excluding hydrogens is 302 g/mol. The second-order valence-corrected chi connectivity index (χ2v) is 6.23. The van der Waals surface area contributed by atoms with Crippen LogP contribution in [0.2, 0.25) is 0 Å². The van der Waals surface area contributed by atoms with Gasteiger partial charge in [0.2, 0.25) is 0 Å². The monoisotopic (exact) mass is 323 g/mol. The number of phenols is 1. The summed E-state index contributed by atoms with van der Waals surface area (Å²) in [7, 11) is 0. The Morgan fingerprint density at radius 1 is 1.25 bits per heavy atom. The lowest BCUT2D eigenvalue weighted by molar-refractivity contribution is 0.120. The molecule has 3 aromatic rings. The quantitative estimate of drug-likeness (QED) is 0.770. The number of aryl methyl sites for hydroxylation is 1. The number of nitrogens with one attached hydrogen (secondary N) is 1. The Bertz CT molecular complexity index is 849. The highest BCUT2D eigenvalue weighted by Crippen LogP contribution is 2.31. The van der Waals surface area contributed by atoms with Crippen LogP contribution in [0.3, 0.4) is 0 Å². The molecule has 1 fully saturated rings. The molecule has 0 amide bonds. The van der Waals surface area contributed by atoms with Crippen LogP contribution < -0.4 is 5.32 Å². The number of aromatic hydroxyl groups is 1. The Kier molecular flexibility index (Phi) is 3.86. The molecule has 124 valence electrons. The standard InChI is InChI=1S/C19H21N3O2/c1-13-4-2-6-17-21-18(14-7-9-15(23)10-8-14)19(22(13)17)20-12-16-5-3-11-24-16/h2,4,6-10,16,20,23H,3,5,11-12H2,1H3/t16-/m1/s1. The van der Waals surface area contributed by atoms with E-state index in [0.29, 0.717) is 0 Å². The molecule has 2 N–H and O–H groups in total. The van der Waals surface area contributed by atoms with Crippen molar-refractivity contribution in [1.82, 2.24) is 9.38 Å². The molecule has 1 aliphatic rings. The first kappa shape index (κ1) is 15.0. The molecule has 4 rings (SSSR count). The number of hydrogen-bond donors (Lipinski definition) is 2. The van der Waals surface area contributed by atoms with E-state index in [0.717, 1.165) is 54.4 Å². The summed E-state index contributed by atoms with van der Waals surface area (Å²) in [6.07, 6.45) is 2.48. The maximum absolute atomic E-state index is 9.55. The average Bonchev–Trinajstić information content (AvgIpc) is 3.21. The first-order valence-electron chi connectivity index (χ1n) is 8.35. The average molecular weight is 323 g/mol. The minimum Gasteiger partial charge on any atom is -0.508 e. The van der Waals surface area contributed by atoms with Gasteiger partial charge in [-0.25, -0.2) is 4.98 Å². The number of aromatic nitrogens is 2. The largest absolute Gasteiger partial charge is 0.508 e. The van der Waals surface area contributed by atoms with Crippen LogP contribution in [0, 0.1) is 6.92 Å². The molecule has 0 unspecified atom stereocenters. The summed E-state index contributed by atoms with van der Waals surface area (Å²) in [6.45, 7) is 3.70. The van der Waals surface area contributed by atoms with E-state index in [1.165, 1.54) is 0 Å². The van der Waals surface area contributed by atoms with Gasteiger partial charge < -0.3 is 15.2 Å².